The number of aromatic nitrogens is 2. The van der Waals surface area contributed by atoms with Crippen molar-refractivity contribution in [3.63, 3.8) is 0 Å². The lowest BCUT2D eigenvalue weighted by molar-refractivity contribution is 0.328. The number of nitrogens with one attached hydrogen (secondary N) is 1. The van der Waals surface area contributed by atoms with Crippen LogP contribution < -0.4 is 5.73 Å². The van der Waals surface area contributed by atoms with Crippen molar-refractivity contribution in [2.45, 2.75) is 19.3 Å². The second kappa shape index (κ2) is 6.65. The Kier molecular flexibility index (Phi) is 4.22. The van der Waals surface area contributed by atoms with Crippen molar-refractivity contribution >= 4 is 16.7 Å². The molecule has 4 rings (SSSR count). The highest BCUT2D eigenvalue weighted by molar-refractivity contribution is 5.83. The summed E-state index contributed by atoms with van der Waals surface area (Å²) in [5.41, 5.74) is 9.63. The number of hydrogen-bond donors (Lipinski definition) is 2. The molecule has 3 heterocycles. The lowest BCUT2D eigenvalue weighted by Crippen LogP contribution is -2.23. The van der Waals surface area contributed by atoms with Gasteiger partial charge in [-0.1, -0.05) is 24.3 Å². The molecule has 1 aliphatic heterocycles. The normalized spacial score (nSPS) is 18.4. The molecule has 24 heavy (non-hydrogen) atoms. The standard InChI is InChI=1S/C20H24N4/c21-20-6-5-15(12-23-20)11-16-7-9-24(14-16)10-8-17-13-22-19-4-2-1-3-18(17)19/h1-6,12-13,16,22H,7-11,14H2,(H2,21,23). The van der Waals surface area contributed by atoms with E-state index in [2.05, 4.69) is 51.4 Å². The van der Waals surface area contributed by atoms with Crippen LogP contribution in [-0.4, -0.2) is 34.5 Å². The molecule has 0 amide bonds. The molecule has 1 saturated heterocycles. The zero-order valence-electron chi connectivity index (χ0n) is 13.9. The third-order valence-corrected chi connectivity index (χ3v) is 5.11. The highest BCUT2D eigenvalue weighted by Gasteiger charge is 2.22. The first-order valence-electron chi connectivity index (χ1n) is 8.76. The molecule has 1 aromatic carbocycles. The molecule has 1 unspecified atom stereocenters. The summed E-state index contributed by atoms with van der Waals surface area (Å²) in [6.45, 7) is 3.53. The minimum atomic E-state index is 0.602. The summed E-state index contributed by atoms with van der Waals surface area (Å²) in [6.07, 6.45) is 7.58. The number of fused-ring (bicyclic) bond motifs is 1. The third-order valence-electron chi connectivity index (χ3n) is 5.11. The summed E-state index contributed by atoms with van der Waals surface area (Å²) in [4.78, 5) is 10.2. The van der Waals surface area contributed by atoms with E-state index in [4.69, 9.17) is 5.73 Å². The molecule has 0 bridgehead atoms. The van der Waals surface area contributed by atoms with Gasteiger partial charge < -0.3 is 15.6 Å². The molecule has 3 aromatic rings. The number of nitrogens with two attached hydrogens (primary N) is 1. The van der Waals surface area contributed by atoms with Crippen LogP contribution in [0.1, 0.15) is 17.5 Å². The molecule has 0 aliphatic carbocycles. The summed E-state index contributed by atoms with van der Waals surface area (Å²) in [6, 6.07) is 12.6. The third kappa shape index (κ3) is 3.29. The number of likely N-dealkylation sites (tertiary alicyclic amines) is 1. The van der Waals surface area contributed by atoms with Crippen molar-refractivity contribution in [2.75, 3.05) is 25.4 Å². The highest BCUT2D eigenvalue weighted by atomic mass is 15.1. The minimum absolute atomic E-state index is 0.602. The molecule has 1 atom stereocenters. The molecule has 2 aromatic heterocycles. The fourth-order valence-corrected chi connectivity index (χ4v) is 3.79. The van der Waals surface area contributed by atoms with Gasteiger partial charge in [0.05, 0.1) is 0 Å². The van der Waals surface area contributed by atoms with E-state index in [1.165, 1.54) is 41.5 Å². The number of rotatable bonds is 5. The second-order valence-electron chi connectivity index (χ2n) is 6.86. The van der Waals surface area contributed by atoms with Gasteiger partial charge in [0.1, 0.15) is 5.82 Å². The fraction of sp³-hybridized carbons (Fsp3) is 0.350. The Hall–Kier alpha value is -2.33. The molecular formula is C20H24N4. The van der Waals surface area contributed by atoms with E-state index in [1.54, 1.807) is 0 Å². The van der Waals surface area contributed by atoms with Gasteiger partial charge in [-0.15, -0.1) is 0 Å². The first-order valence-corrected chi connectivity index (χ1v) is 8.76. The van der Waals surface area contributed by atoms with E-state index >= 15 is 0 Å². The summed E-state index contributed by atoms with van der Waals surface area (Å²) in [5, 5.41) is 1.36. The first-order chi connectivity index (χ1) is 11.8. The highest BCUT2D eigenvalue weighted by Crippen LogP contribution is 2.23. The van der Waals surface area contributed by atoms with Crippen LogP contribution in [0.2, 0.25) is 0 Å². The average Bonchev–Trinajstić information content (AvgIpc) is 3.22. The molecule has 0 saturated carbocycles. The van der Waals surface area contributed by atoms with Gasteiger partial charge >= 0.3 is 0 Å². The zero-order chi connectivity index (χ0) is 16.4. The molecule has 1 fully saturated rings. The summed E-state index contributed by atoms with van der Waals surface area (Å²) in [7, 11) is 0. The Bertz CT molecular complexity index is 806. The maximum atomic E-state index is 5.66. The van der Waals surface area contributed by atoms with Crippen LogP contribution in [0.4, 0.5) is 5.82 Å². The summed E-state index contributed by atoms with van der Waals surface area (Å²) >= 11 is 0. The van der Waals surface area contributed by atoms with Crippen LogP contribution >= 0.6 is 0 Å². The van der Waals surface area contributed by atoms with Crippen molar-refractivity contribution < 1.29 is 0 Å². The Morgan fingerprint density at radius 2 is 2.12 bits per heavy atom. The maximum absolute atomic E-state index is 5.66. The average molecular weight is 320 g/mol. The maximum Gasteiger partial charge on any atom is 0.123 e. The number of aromatic amines is 1. The fourth-order valence-electron chi connectivity index (χ4n) is 3.79. The molecular weight excluding hydrogens is 296 g/mol. The number of hydrogen-bond acceptors (Lipinski definition) is 3. The van der Waals surface area contributed by atoms with Crippen LogP contribution in [0.25, 0.3) is 10.9 Å². The summed E-state index contributed by atoms with van der Waals surface area (Å²) < 4.78 is 0. The monoisotopic (exact) mass is 320 g/mol. The van der Waals surface area contributed by atoms with Gasteiger partial charge in [0.15, 0.2) is 0 Å². The van der Waals surface area contributed by atoms with Crippen molar-refractivity contribution in [3.8, 4) is 0 Å². The van der Waals surface area contributed by atoms with E-state index in [1.807, 2.05) is 12.3 Å². The summed E-state index contributed by atoms with van der Waals surface area (Å²) in [5.74, 6) is 1.34. The lowest BCUT2D eigenvalue weighted by Gasteiger charge is -2.15. The zero-order valence-corrected chi connectivity index (χ0v) is 13.9. The predicted molar refractivity (Wildman–Crippen MR) is 98.9 cm³/mol. The van der Waals surface area contributed by atoms with Crippen LogP contribution in [0.5, 0.6) is 0 Å². The van der Waals surface area contributed by atoms with Crippen molar-refractivity contribution in [3.05, 3.63) is 59.9 Å². The van der Waals surface area contributed by atoms with Crippen molar-refractivity contribution in [2.24, 2.45) is 5.92 Å². The number of nitrogen functional groups attached to an aromatic ring is 1. The number of nitrogens with zero attached hydrogens (tertiary/aromatic N) is 2. The number of pyridine rings is 1. The number of anilines is 1. The quantitative estimate of drug-likeness (QED) is 0.758. The molecule has 4 nitrogen and oxygen atoms in total. The predicted octanol–water partition coefficient (Wildman–Crippen LogP) is 3.25. The number of para-hydroxylation sites is 1. The van der Waals surface area contributed by atoms with E-state index in [-0.39, 0.29) is 0 Å². The molecule has 0 spiro atoms. The Morgan fingerprint density at radius 1 is 1.21 bits per heavy atom. The van der Waals surface area contributed by atoms with Crippen LogP contribution in [0, 0.1) is 5.92 Å². The van der Waals surface area contributed by atoms with Gasteiger partial charge in [0.25, 0.3) is 0 Å². The van der Waals surface area contributed by atoms with Crippen molar-refractivity contribution in [1.82, 2.24) is 14.9 Å². The van der Waals surface area contributed by atoms with E-state index in [0.29, 0.717) is 5.82 Å². The smallest absolute Gasteiger partial charge is 0.123 e. The van der Waals surface area contributed by atoms with E-state index in [9.17, 15) is 0 Å². The van der Waals surface area contributed by atoms with Gasteiger partial charge in [0.2, 0.25) is 0 Å². The topological polar surface area (TPSA) is 57.9 Å². The largest absolute Gasteiger partial charge is 0.384 e. The Labute approximate surface area is 142 Å². The molecule has 124 valence electrons. The van der Waals surface area contributed by atoms with Gasteiger partial charge in [0, 0.05) is 36.4 Å². The first kappa shape index (κ1) is 15.2. The Balaban J connectivity index is 1.31. The SMILES string of the molecule is Nc1ccc(CC2CCN(CCc3c[nH]c4ccccc34)C2)cn1. The lowest BCUT2D eigenvalue weighted by atomic mass is 10.00. The van der Waals surface area contributed by atoms with E-state index in [0.717, 1.165) is 25.3 Å². The molecule has 3 N–H and O–H groups in total. The molecule has 4 heteroatoms. The molecule has 1 aliphatic rings. The minimum Gasteiger partial charge on any atom is -0.384 e. The van der Waals surface area contributed by atoms with Gasteiger partial charge in [-0.3, -0.25) is 0 Å². The van der Waals surface area contributed by atoms with Gasteiger partial charge in [-0.05, 0) is 55.0 Å². The number of H-pyrrole nitrogens is 1. The van der Waals surface area contributed by atoms with Crippen molar-refractivity contribution in [1.29, 1.82) is 0 Å². The van der Waals surface area contributed by atoms with E-state index < -0.39 is 0 Å². The van der Waals surface area contributed by atoms with Crippen LogP contribution in [0.3, 0.4) is 0 Å². The second-order valence-corrected chi connectivity index (χ2v) is 6.86. The number of benzene rings is 1. The van der Waals surface area contributed by atoms with Crippen LogP contribution in [0.15, 0.2) is 48.8 Å². The van der Waals surface area contributed by atoms with Gasteiger partial charge in [-0.25, -0.2) is 4.98 Å². The Morgan fingerprint density at radius 3 is 3.00 bits per heavy atom. The van der Waals surface area contributed by atoms with Gasteiger partial charge in [-0.2, -0.15) is 0 Å². The van der Waals surface area contributed by atoms with Crippen LogP contribution in [-0.2, 0) is 12.8 Å². The molecule has 0 radical (unpaired) electrons.